The fraction of sp³-hybridized carbons (Fsp3) is 0.600. The largest absolute Gasteiger partial charge is 0.383 e. The molecule has 0 aliphatic heterocycles. The minimum absolute atomic E-state index is 0.365. The third kappa shape index (κ3) is 7.01. The summed E-state index contributed by atoms with van der Waals surface area (Å²) in [5.74, 6) is 0. The molecule has 0 atom stereocenters. The highest BCUT2D eigenvalue weighted by Crippen LogP contribution is 2.17. The molecule has 0 saturated carbocycles. The number of hydrogen-bond acceptors (Lipinski definition) is 2. The van der Waals surface area contributed by atoms with Crippen LogP contribution in [0, 0.1) is 12.3 Å². The number of benzene rings is 1. The molecule has 1 aromatic rings. The van der Waals surface area contributed by atoms with E-state index in [1.807, 2.05) is 0 Å². The molecule has 0 saturated heterocycles. The van der Waals surface area contributed by atoms with Gasteiger partial charge in [0.15, 0.2) is 0 Å². The summed E-state index contributed by atoms with van der Waals surface area (Å²) in [4.78, 5) is 0. The molecule has 0 radical (unpaired) electrons. The van der Waals surface area contributed by atoms with E-state index in [1.165, 1.54) is 11.3 Å². The van der Waals surface area contributed by atoms with Crippen molar-refractivity contribution in [1.29, 1.82) is 0 Å². The Kier molecular flexibility index (Phi) is 5.49. The second-order valence-electron chi connectivity index (χ2n) is 5.72. The molecular weight excluding hydrogens is 210 g/mol. The van der Waals surface area contributed by atoms with Crippen LogP contribution in [0.25, 0.3) is 0 Å². The van der Waals surface area contributed by atoms with Gasteiger partial charge in [-0.2, -0.15) is 0 Å². The predicted octanol–water partition coefficient (Wildman–Crippen LogP) is 3.86. The quantitative estimate of drug-likeness (QED) is 0.756. The number of ether oxygens (including phenoxy) is 1. The summed E-state index contributed by atoms with van der Waals surface area (Å²) >= 11 is 0. The standard InChI is InChI=1S/C15H25NO/c1-13-6-5-7-14(12-13)16-9-11-17-10-8-15(2,3)4/h5-7,12,16H,8-11H2,1-4H3. The van der Waals surface area contributed by atoms with Crippen LogP contribution in [0.1, 0.15) is 32.8 Å². The average Bonchev–Trinajstić information content (AvgIpc) is 2.22. The van der Waals surface area contributed by atoms with E-state index in [2.05, 4.69) is 57.3 Å². The molecule has 0 aliphatic rings. The van der Waals surface area contributed by atoms with Crippen molar-refractivity contribution >= 4 is 5.69 Å². The second kappa shape index (κ2) is 6.65. The van der Waals surface area contributed by atoms with Crippen molar-refractivity contribution < 1.29 is 4.74 Å². The maximum absolute atomic E-state index is 5.60. The fourth-order valence-electron chi connectivity index (χ4n) is 1.50. The van der Waals surface area contributed by atoms with E-state index in [0.717, 1.165) is 26.2 Å². The molecule has 0 bridgehead atoms. The highest BCUT2D eigenvalue weighted by atomic mass is 16.5. The van der Waals surface area contributed by atoms with Crippen LogP contribution in [-0.4, -0.2) is 19.8 Å². The van der Waals surface area contributed by atoms with Crippen LogP contribution in [0.4, 0.5) is 5.69 Å². The van der Waals surface area contributed by atoms with Gasteiger partial charge in [-0.1, -0.05) is 32.9 Å². The van der Waals surface area contributed by atoms with Gasteiger partial charge in [-0.15, -0.1) is 0 Å². The number of hydrogen-bond donors (Lipinski definition) is 1. The molecule has 1 rings (SSSR count). The van der Waals surface area contributed by atoms with Crippen LogP contribution in [0.15, 0.2) is 24.3 Å². The van der Waals surface area contributed by atoms with E-state index >= 15 is 0 Å². The zero-order valence-corrected chi connectivity index (χ0v) is 11.5. The Bertz CT molecular complexity index is 328. The van der Waals surface area contributed by atoms with E-state index in [1.54, 1.807) is 0 Å². The summed E-state index contributed by atoms with van der Waals surface area (Å²) in [6.07, 6.45) is 1.11. The highest BCUT2D eigenvalue weighted by Gasteiger charge is 2.08. The molecule has 1 aromatic carbocycles. The first-order valence-electron chi connectivity index (χ1n) is 6.36. The molecule has 0 spiro atoms. The lowest BCUT2D eigenvalue weighted by Crippen LogP contribution is -2.14. The molecule has 96 valence electrons. The monoisotopic (exact) mass is 235 g/mol. The minimum Gasteiger partial charge on any atom is -0.383 e. The molecule has 17 heavy (non-hydrogen) atoms. The molecule has 2 nitrogen and oxygen atoms in total. The van der Waals surface area contributed by atoms with Crippen molar-refractivity contribution in [3.8, 4) is 0 Å². The summed E-state index contributed by atoms with van der Waals surface area (Å²) in [6.45, 7) is 11.3. The summed E-state index contributed by atoms with van der Waals surface area (Å²) in [5, 5.41) is 3.36. The van der Waals surface area contributed by atoms with Gasteiger partial charge in [-0.05, 0) is 36.5 Å². The Morgan fingerprint density at radius 3 is 2.59 bits per heavy atom. The van der Waals surface area contributed by atoms with Gasteiger partial charge < -0.3 is 10.1 Å². The zero-order chi connectivity index (χ0) is 12.7. The van der Waals surface area contributed by atoms with E-state index in [0.29, 0.717) is 5.41 Å². The van der Waals surface area contributed by atoms with E-state index in [4.69, 9.17) is 4.74 Å². The van der Waals surface area contributed by atoms with Crippen LogP contribution in [0.3, 0.4) is 0 Å². The molecule has 1 N–H and O–H groups in total. The van der Waals surface area contributed by atoms with Crippen molar-refractivity contribution in [2.45, 2.75) is 34.1 Å². The Morgan fingerprint density at radius 1 is 1.18 bits per heavy atom. The number of rotatable bonds is 6. The third-order valence-electron chi connectivity index (χ3n) is 2.59. The second-order valence-corrected chi connectivity index (χ2v) is 5.72. The molecule has 0 fully saturated rings. The first kappa shape index (κ1) is 14.0. The van der Waals surface area contributed by atoms with Crippen molar-refractivity contribution in [2.75, 3.05) is 25.1 Å². The molecule has 0 heterocycles. The van der Waals surface area contributed by atoms with Crippen molar-refractivity contribution in [1.82, 2.24) is 0 Å². The molecule has 0 aromatic heterocycles. The zero-order valence-electron chi connectivity index (χ0n) is 11.5. The van der Waals surface area contributed by atoms with Crippen molar-refractivity contribution in [3.63, 3.8) is 0 Å². The number of aryl methyl sites for hydroxylation is 1. The molecular formula is C15H25NO. The fourth-order valence-corrected chi connectivity index (χ4v) is 1.50. The van der Waals surface area contributed by atoms with Crippen LogP contribution in [0.2, 0.25) is 0 Å². The Hall–Kier alpha value is -1.02. The summed E-state index contributed by atoms with van der Waals surface area (Å²) in [6, 6.07) is 8.40. The molecule has 0 amide bonds. The first-order valence-corrected chi connectivity index (χ1v) is 6.36. The van der Waals surface area contributed by atoms with Crippen molar-refractivity contribution in [3.05, 3.63) is 29.8 Å². The summed E-state index contributed by atoms with van der Waals surface area (Å²) in [7, 11) is 0. The topological polar surface area (TPSA) is 21.3 Å². The lowest BCUT2D eigenvalue weighted by Gasteiger charge is -2.17. The van der Waals surface area contributed by atoms with Gasteiger partial charge in [-0.25, -0.2) is 0 Å². The number of anilines is 1. The van der Waals surface area contributed by atoms with Crippen molar-refractivity contribution in [2.24, 2.45) is 5.41 Å². The van der Waals surface area contributed by atoms with Gasteiger partial charge in [0.1, 0.15) is 0 Å². The van der Waals surface area contributed by atoms with E-state index < -0.39 is 0 Å². The number of nitrogens with one attached hydrogen (secondary N) is 1. The Balaban J connectivity index is 2.09. The van der Waals surface area contributed by atoms with Gasteiger partial charge in [-0.3, -0.25) is 0 Å². The molecule has 0 aliphatic carbocycles. The molecule has 0 unspecified atom stereocenters. The predicted molar refractivity (Wildman–Crippen MR) is 74.6 cm³/mol. The van der Waals surface area contributed by atoms with Crippen LogP contribution < -0.4 is 5.32 Å². The van der Waals surface area contributed by atoms with Gasteiger partial charge >= 0.3 is 0 Å². The SMILES string of the molecule is Cc1cccc(NCCOCCC(C)(C)C)c1. The lowest BCUT2D eigenvalue weighted by molar-refractivity contribution is 0.116. The van der Waals surface area contributed by atoms with E-state index in [-0.39, 0.29) is 0 Å². The first-order chi connectivity index (χ1) is 7.97. The van der Waals surface area contributed by atoms with E-state index in [9.17, 15) is 0 Å². The Morgan fingerprint density at radius 2 is 1.94 bits per heavy atom. The lowest BCUT2D eigenvalue weighted by atomic mass is 9.93. The van der Waals surface area contributed by atoms with Gasteiger partial charge in [0.2, 0.25) is 0 Å². The van der Waals surface area contributed by atoms with Crippen LogP contribution in [-0.2, 0) is 4.74 Å². The minimum atomic E-state index is 0.365. The highest BCUT2D eigenvalue weighted by molar-refractivity contribution is 5.45. The van der Waals surface area contributed by atoms with Crippen LogP contribution >= 0.6 is 0 Å². The Labute approximate surface area is 105 Å². The summed E-state index contributed by atoms with van der Waals surface area (Å²) in [5.41, 5.74) is 2.82. The van der Waals surface area contributed by atoms with Crippen LogP contribution in [0.5, 0.6) is 0 Å². The third-order valence-corrected chi connectivity index (χ3v) is 2.59. The smallest absolute Gasteiger partial charge is 0.0639 e. The summed E-state index contributed by atoms with van der Waals surface area (Å²) < 4.78 is 5.60. The average molecular weight is 235 g/mol. The van der Waals surface area contributed by atoms with Gasteiger partial charge in [0, 0.05) is 18.8 Å². The van der Waals surface area contributed by atoms with Gasteiger partial charge in [0.05, 0.1) is 6.61 Å². The van der Waals surface area contributed by atoms with Gasteiger partial charge in [0.25, 0.3) is 0 Å². The molecule has 2 heteroatoms. The maximum atomic E-state index is 5.60. The maximum Gasteiger partial charge on any atom is 0.0639 e. The normalized spacial score (nSPS) is 11.5.